The molecule has 1 aromatic carbocycles. The van der Waals surface area contributed by atoms with Crippen LogP contribution in [0.25, 0.3) is 0 Å². The van der Waals surface area contributed by atoms with Gasteiger partial charge in [0.1, 0.15) is 0 Å². The molecule has 1 rings (SSSR count). The van der Waals surface area contributed by atoms with Crippen LogP contribution >= 0.6 is 0 Å². The van der Waals surface area contributed by atoms with Crippen molar-refractivity contribution in [2.45, 2.75) is 32.8 Å². The van der Waals surface area contributed by atoms with E-state index in [0.29, 0.717) is 24.2 Å². The summed E-state index contributed by atoms with van der Waals surface area (Å²) in [5, 5.41) is 11.9. The molecule has 0 saturated heterocycles. The van der Waals surface area contributed by atoms with Gasteiger partial charge in [-0.2, -0.15) is 0 Å². The van der Waals surface area contributed by atoms with Crippen molar-refractivity contribution < 1.29 is 9.90 Å². The minimum Gasteiger partial charge on any atom is -0.399 e. The average molecular weight is 236 g/mol. The Kier molecular flexibility index (Phi) is 4.97. The number of rotatable bonds is 5. The SMILES string of the molecule is Cc1ccc(N)cc1C(=O)NCCCC(C)O. The largest absolute Gasteiger partial charge is 0.399 e. The molecule has 0 fully saturated rings. The number of aliphatic hydroxyl groups is 1. The molecule has 0 aromatic heterocycles. The molecule has 0 aliphatic rings. The molecule has 0 heterocycles. The summed E-state index contributed by atoms with van der Waals surface area (Å²) < 4.78 is 0. The minimum atomic E-state index is -0.319. The predicted molar refractivity (Wildman–Crippen MR) is 68.8 cm³/mol. The number of hydrogen-bond acceptors (Lipinski definition) is 3. The fourth-order valence-electron chi connectivity index (χ4n) is 1.58. The summed E-state index contributed by atoms with van der Waals surface area (Å²) in [6.45, 7) is 4.19. The smallest absolute Gasteiger partial charge is 0.251 e. The first-order valence-corrected chi connectivity index (χ1v) is 5.83. The minimum absolute atomic E-state index is 0.111. The van der Waals surface area contributed by atoms with Gasteiger partial charge in [0, 0.05) is 17.8 Å². The maximum atomic E-state index is 11.8. The number of nitrogens with one attached hydrogen (secondary N) is 1. The topological polar surface area (TPSA) is 75.4 Å². The lowest BCUT2D eigenvalue weighted by molar-refractivity contribution is 0.0949. The van der Waals surface area contributed by atoms with Gasteiger partial charge >= 0.3 is 0 Å². The van der Waals surface area contributed by atoms with Crippen LogP contribution in [0.1, 0.15) is 35.7 Å². The zero-order valence-electron chi connectivity index (χ0n) is 10.4. The van der Waals surface area contributed by atoms with E-state index < -0.39 is 0 Å². The van der Waals surface area contributed by atoms with E-state index in [1.54, 1.807) is 19.1 Å². The van der Waals surface area contributed by atoms with Crippen LogP contribution in [0.4, 0.5) is 5.69 Å². The molecular weight excluding hydrogens is 216 g/mol. The zero-order chi connectivity index (χ0) is 12.8. The maximum absolute atomic E-state index is 11.8. The first kappa shape index (κ1) is 13.5. The number of amides is 1. The van der Waals surface area contributed by atoms with Crippen LogP contribution in [-0.2, 0) is 0 Å². The van der Waals surface area contributed by atoms with Crippen LogP contribution in [0.15, 0.2) is 18.2 Å². The van der Waals surface area contributed by atoms with Gasteiger partial charge in [-0.3, -0.25) is 4.79 Å². The summed E-state index contributed by atoms with van der Waals surface area (Å²) in [7, 11) is 0. The summed E-state index contributed by atoms with van der Waals surface area (Å²) in [6.07, 6.45) is 1.14. The number of anilines is 1. The molecule has 0 aliphatic heterocycles. The Balaban J connectivity index is 2.49. The van der Waals surface area contributed by atoms with Crippen LogP contribution < -0.4 is 11.1 Å². The Bertz CT molecular complexity index is 389. The second-order valence-corrected chi connectivity index (χ2v) is 4.32. The quantitative estimate of drug-likeness (QED) is 0.535. The highest BCUT2D eigenvalue weighted by molar-refractivity contribution is 5.96. The van der Waals surface area contributed by atoms with Gasteiger partial charge in [-0.1, -0.05) is 6.07 Å². The molecule has 0 radical (unpaired) electrons. The summed E-state index contributed by atoms with van der Waals surface area (Å²) in [5.74, 6) is -0.111. The zero-order valence-corrected chi connectivity index (χ0v) is 10.4. The molecule has 0 bridgehead atoms. The van der Waals surface area contributed by atoms with Crippen molar-refractivity contribution in [3.05, 3.63) is 29.3 Å². The number of aliphatic hydroxyl groups excluding tert-OH is 1. The number of benzene rings is 1. The molecule has 17 heavy (non-hydrogen) atoms. The van der Waals surface area contributed by atoms with Crippen molar-refractivity contribution in [1.82, 2.24) is 5.32 Å². The number of aryl methyl sites for hydroxylation is 1. The molecule has 0 aliphatic carbocycles. The van der Waals surface area contributed by atoms with E-state index in [9.17, 15) is 4.79 Å². The van der Waals surface area contributed by atoms with Gasteiger partial charge < -0.3 is 16.2 Å². The average Bonchev–Trinajstić information content (AvgIpc) is 2.27. The lowest BCUT2D eigenvalue weighted by Crippen LogP contribution is -2.25. The van der Waals surface area contributed by atoms with E-state index in [4.69, 9.17) is 10.8 Å². The van der Waals surface area contributed by atoms with Crippen LogP contribution in [0.3, 0.4) is 0 Å². The third kappa shape index (κ3) is 4.44. The van der Waals surface area contributed by atoms with Gasteiger partial charge in [0.2, 0.25) is 0 Å². The van der Waals surface area contributed by atoms with Crippen LogP contribution in [-0.4, -0.2) is 23.7 Å². The highest BCUT2D eigenvalue weighted by Gasteiger charge is 2.08. The number of nitrogen functional groups attached to an aromatic ring is 1. The molecule has 1 atom stereocenters. The third-order valence-corrected chi connectivity index (χ3v) is 2.59. The van der Waals surface area contributed by atoms with E-state index in [2.05, 4.69) is 5.32 Å². The summed E-state index contributed by atoms with van der Waals surface area (Å²) in [6, 6.07) is 5.29. The molecule has 1 unspecified atom stereocenters. The lowest BCUT2D eigenvalue weighted by Gasteiger charge is -2.09. The monoisotopic (exact) mass is 236 g/mol. The second kappa shape index (κ2) is 6.25. The van der Waals surface area contributed by atoms with E-state index in [1.165, 1.54) is 0 Å². The predicted octanol–water partition coefficient (Wildman–Crippen LogP) is 1.47. The Morgan fingerprint density at radius 1 is 1.53 bits per heavy atom. The van der Waals surface area contributed by atoms with E-state index in [-0.39, 0.29) is 12.0 Å². The molecule has 0 spiro atoms. The third-order valence-electron chi connectivity index (χ3n) is 2.59. The van der Waals surface area contributed by atoms with Gasteiger partial charge in [0.05, 0.1) is 6.10 Å². The van der Waals surface area contributed by atoms with E-state index >= 15 is 0 Å². The highest BCUT2D eigenvalue weighted by Crippen LogP contribution is 2.12. The fraction of sp³-hybridized carbons (Fsp3) is 0.462. The van der Waals surface area contributed by atoms with Crippen molar-refractivity contribution in [2.75, 3.05) is 12.3 Å². The molecule has 4 N–H and O–H groups in total. The number of nitrogens with two attached hydrogens (primary N) is 1. The molecule has 4 heteroatoms. The molecule has 4 nitrogen and oxygen atoms in total. The van der Waals surface area contributed by atoms with Crippen LogP contribution in [0.5, 0.6) is 0 Å². The molecule has 1 aromatic rings. The Morgan fingerprint density at radius 2 is 2.24 bits per heavy atom. The van der Waals surface area contributed by atoms with Crippen LogP contribution in [0.2, 0.25) is 0 Å². The van der Waals surface area contributed by atoms with Crippen molar-refractivity contribution >= 4 is 11.6 Å². The van der Waals surface area contributed by atoms with Crippen molar-refractivity contribution in [3.8, 4) is 0 Å². The van der Waals surface area contributed by atoms with E-state index in [0.717, 1.165) is 12.0 Å². The van der Waals surface area contributed by atoms with Crippen molar-refractivity contribution in [3.63, 3.8) is 0 Å². The van der Waals surface area contributed by atoms with Gasteiger partial charge in [0.25, 0.3) is 5.91 Å². The number of carbonyl (C=O) groups is 1. The highest BCUT2D eigenvalue weighted by atomic mass is 16.3. The molecular formula is C13H20N2O2. The first-order valence-electron chi connectivity index (χ1n) is 5.83. The Morgan fingerprint density at radius 3 is 2.88 bits per heavy atom. The molecule has 1 amide bonds. The summed E-state index contributed by atoms with van der Waals surface area (Å²) >= 11 is 0. The molecule has 0 saturated carbocycles. The maximum Gasteiger partial charge on any atom is 0.251 e. The summed E-state index contributed by atoms with van der Waals surface area (Å²) in [5.41, 5.74) is 7.76. The fourth-order valence-corrected chi connectivity index (χ4v) is 1.58. The summed E-state index contributed by atoms with van der Waals surface area (Å²) in [4.78, 5) is 11.8. The first-order chi connectivity index (χ1) is 8.00. The lowest BCUT2D eigenvalue weighted by atomic mass is 10.1. The number of carbonyl (C=O) groups excluding carboxylic acids is 1. The molecule has 94 valence electrons. The van der Waals surface area contributed by atoms with E-state index in [1.807, 2.05) is 13.0 Å². The second-order valence-electron chi connectivity index (χ2n) is 4.32. The Hall–Kier alpha value is -1.55. The van der Waals surface area contributed by atoms with Gasteiger partial charge in [-0.05, 0) is 44.4 Å². The van der Waals surface area contributed by atoms with Gasteiger partial charge in [-0.15, -0.1) is 0 Å². The van der Waals surface area contributed by atoms with Gasteiger partial charge in [-0.25, -0.2) is 0 Å². The van der Waals surface area contributed by atoms with Gasteiger partial charge in [0.15, 0.2) is 0 Å². The number of hydrogen-bond donors (Lipinski definition) is 3. The standard InChI is InChI=1S/C13H20N2O2/c1-9-5-6-11(14)8-12(9)13(17)15-7-3-4-10(2)16/h5-6,8,10,16H,3-4,7,14H2,1-2H3,(H,15,17). The van der Waals surface area contributed by atoms with Crippen LogP contribution in [0, 0.1) is 6.92 Å². The Labute approximate surface area is 102 Å². The van der Waals surface area contributed by atoms with Crippen molar-refractivity contribution in [1.29, 1.82) is 0 Å². The normalized spacial score (nSPS) is 12.2. The van der Waals surface area contributed by atoms with Crippen molar-refractivity contribution in [2.24, 2.45) is 0 Å².